The molecule has 2 amide bonds. The maximum absolute atomic E-state index is 13.5. The average Bonchev–Trinajstić information content (AvgIpc) is 3.35. The molecule has 2 aliphatic rings. The summed E-state index contributed by atoms with van der Waals surface area (Å²) in [6.45, 7) is 9.52. The summed E-state index contributed by atoms with van der Waals surface area (Å²) < 4.78 is 12.9. The van der Waals surface area contributed by atoms with Crippen LogP contribution in [-0.4, -0.2) is 81.3 Å². The lowest BCUT2D eigenvalue weighted by Gasteiger charge is -2.39. The second kappa shape index (κ2) is 12.5. The molecule has 5 rings (SSSR count). The van der Waals surface area contributed by atoms with Crippen molar-refractivity contribution in [3.63, 3.8) is 0 Å². The van der Waals surface area contributed by atoms with Crippen molar-refractivity contribution >= 4 is 35.3 Å². The Labute approximate surface area is 257 Å². The number of methoxy groups -OCH3 is 1. The fraction of sp³-hybridized carbons (Fsp3) is 0.438. The second-order valence-electron chi connectivity index (χ2n) is 11.7. The van der Waals surface area contributed by atoms with E-state index in [2.05, 4.69) is 21.3 Å². The van der Waals surface area contributed by atoms with E-state index in [-0.39, 0.29) is 24.1 Å². The van der Waals surface area contributed by atoms with E-state index in [0.29, 0.717) is 31.2 Å². The molecule has 3 aromatic rings. The Morgan fingerprint density at radius 2 is 1.88 bits per heavy atom. The van der Waals surface area contributed by atoms with Crippen molar-refractivity contribution in [1.29, 1.82) is 0 Å². The van der Waals surface area contributed by atoms with Crippen LogP contribution < -0.4 is 5.32 Å². The molecule has 2 aromatic heterocycles. The van der Waals surface area contributed by atoms with E-state index in [1.807, 2.05) is 55.8 Å². The van der Waals surface area contributed by atoms with Crippen LogP contribution in [0.3, 0.4) is 0 Å². The van der Waals surface area contributed by atoms with Gasteiger partial charge in [-0.25, -0.2) is 9.78 Å². The predicted molar refractivity (Wildman–Crippen MR) is 165 cm³/mol. The molecule has 228 valence electrons. The third-order valence-electron chi connectivity index (χ3n) is 8.13. The monoisotopic (exact) mass is 606 g/mol. The number of pyridine rings is 1. The molecule has 1 saturated heterocycles. The summed E-state index contributed by atoms with van der Waals surface area (Å²) >= 11 is 6.66. The van der Waals surface area contributed by atoms with Gasteiger partial charge in [0.05, 0.1) is 42.1 Å². The molecule has 0 saturated carbocycles. The molecule has 1 aliphatic heterocycles. The minimum absolute atomic E-state index is 0.174. The molecule has 3 heterocycles. The number of hydrogen-bond acceptors (Lipinski definition) is 7. The molecule has 1 aliphatic carbocycles. The Morgan fingerprint density at radius 1 is 1.14 bits per heavy atom. The number of imidazole rings is 1. The fourth-order valence-corrected chi connectivity index (χ4v) is 5.76. The van der Waals surface area contributed by atoms with Crippen molar-refractivity contribution in [2.24, 2.45) is 7.05 Å². The van der Waals surface area contributed by atoms with Crippen LogP contribution in [0.5, 0.6) is 0 Å². The Bertz CT molecular complexity index is 1530. The lowest BCUT2D eigenvalue weighted by Crippen LogP contribution is -2.50. The molecular formula is C32H39ClN6O4. The number of hydrogen-bond donors (Lipinski definition) is 1. The van der Waals surface area contributed by atoms with Gasteiger partial charge in [-0.2, -0.15) is 0 Å². The number of carbonyl (C=O) groups is 2. The van der Waals surface area contributed by atoms with E-state index >= 15 is 0 Å². The number of ether oxygens (including phenoxy) is 2. The van der Waals surface area contributed by atoms with Gasteiger partial charge in [-0.3, -0.25) is 14.7 Å². The van der Waals surface area contributed by atoms with Crippen molar-refractivity contribution in [3.8, 4) is 0 Å². The van der Waals surface area contributed by atoms with Crippen LogP contribution in [0, 0.1) is 0 Å². The van der Waals surface area contributed by atoms with Crippen LogP contribution in [0.25, 0.3) is 11.6 Å². The second-order valence-corrected chi connectivity index (χ2v) is 12.2. The number of halogens is 1. The van der Waals surface area contributed by atoms with Gasteiger partial charge >= 0.3 is 6.09 Å². The topological polar surface area (TPSA) is 102 Å². The van der Waals surface area contributed by atoms with E-state index in [9.17, 15) is 9.59 Å². The van der Waals surface area contributed by atoms with E-state index in [1.165, 1.54) is 7.11 Å². The third kappa shape index (κ3) is 6.32. The summed E-state index contributed by atoms with van der Waals surface area (Å²) in [7, 11) is 3.43. The number of nitrogens with one attached hydrogen (secondary N) is 1. The lowest BCUT2D eigenvalue weighted by molar-refractivity contribution is -0.140. The summed E-state index contributed by atoms with van der Waals surface area (Å²) in [5, 5.41) is 3.82. The van der Waals surface area contributed by atoms with Crippen LogP contribution in [-0.2, 0) is 21.3 Å². The molecule has 11 heteroatoms. The first-order chi connectivity index (χ1) is 20.5. The molecule has 1 N–H and O–H groups in total. The van der Waals surface area contributed by atoms with Crippen molar-refractivity contribution in [2.45, 2.75) is 51.5 Å². The highest BCUT2D eigenvalue weighted by molar-refractivity contribution is 6.30. The Kier molecular flexibility index (Phi) is 8.91. The predicted octanol–water partition coefficient (Wildman–Crippen LogP) is 4.86. The molecule has 1 fully saturated rings. The zero-order valence-corrected chi connectivity index (χ0v) is 26.3. The molecular weight excluding hydrogens is 568 g/mol. The number of benzene rings is 1. The van der Waals surface area contributed by atoms with E-state index in [0.717, 1.165) is 33.7 Å². The number of aromatic nitrogens is 3. The van der Waals surface area contributed by atoms with Gasteiger partial charge in [0.2, 0.25) is 0 Å². The van der Waals surface area contributed by atoms with E-state index < -0.39 is 11.6 Å². The summed E-state index contributed by atoms with van der Waals surface area (Å²) in [4.78, 5) is 39.5. The smallest absolute Gasteiger partial charge is 0.410 e. The zero-order chi connectivity index (χ0) is 30.9. The Balaban J connectivity index is 1.61. The number of carbonyl (C=O) groups excluding carboxylic acids is 2. The quantitative estimate of drug-likeness (QED) is 0.410. The van der Waals surface area contributed by atoms with Gasteiger partial charge < -0.3 is 24.3 Å². The molecule has 0 spiro atoms. The number of rotatable bonds is 7. The number of amides is 2. The van der Waals surface area contributed by atoms with Crippen LogP contribution >= 0.6 is 11.6 Å². The highest BCUT2D eigenvalue weighted by Gasteiger charge is 2.37. The normalized spacial score (nSPS) is 17.9. The van der Waals surface area contributed by atoms with Crippen molar-refractivity contribution in [1.82, 2.24) is 29.7 Å². The number of fused-ring (bicyclic) bond motifs is 2. The number of nitrogens with zero attached hydrogens (tertiary/aromatic N) is 5. The zero-order valence-electron chi connectivity index (χ0n) is 25.5. The van der Waals surface area contributed by atoms with Crippen molar-refractivity contribution in [3.05, 3.63) is 82.2 Å². The molecule has 43 heavy (non-hydrogen) atoms. The molecule has 1 aromatic carbocycles. The lowest BCUT2D eigenvalue weighted by atomic mass is 9.89. The maximum Gasteiger partial charge on any atom is 0.410 e. The number of piperazine rings is 1. The van der Waals surface area contributed by atoms with E-state index in [1.54, 1.807) is 37.5 Å². The van der Waals surface area contributed by atoms with Gasteiger partial charge in [-0.15, -0.1) is 0 Å². The first kappa shape index (κ1) is 30.7. The van der Waals surface area contributed by atoms with Gasteiger partial charge in [0.1, 0.15) is 5.60 Å². The molecule has 0 radical (unpaired) electrons. The van der Waals surface area contributed by atoms with Gasteiger partial charge in [-0.05, 0) is 74.2 Å². The van der Waals surface area contributed by atoms with E-state index in [4.69, 9.17) is 26.1 Å². The average molecular weight is 607 g/mol. The first-order valence-corrected chi connectivity index (χ1v) is 14.9. The SMILES string of the molecule is COC(C)(C)C(=O)N[C@H](C1=Cc2cccnc2[C@@H](N2CCN(C(=O)OC(C)C)CC2)c2ccc(Cl)cc21)c1cncn1C. The van der Waals surface area contributed by atoms with Gasteiger partial charge in [0.15, 0.2) is 0 Å². The summed E-state index contributed by atoms with van der Waals surface area (Å²) in [5.41, 5.74) is 4.35. The van der Waals surface area contributed by atoms with Gasteiger partial charge in [0.25, 0.3) is 5.91 Å². The third-order valence-corrected chi connectivity index (χ3v) is 8.36. The highest BCUT2D eigenvalue weighted by Crippen LogP contribution is 2.44. The highest BCUT2D eigenvalue weighted by atomic mass is 35.5. The number of aryl methyl sites for hydroxylation is 1. The Hall–Kier alpha value is -3.73. The summed E-state index contributed by atoms with van der Waals surface area (Å²) in [5.74, 6) is -0.262. The summed E-state index contributed by atoms with van der Waals surface area (Å²) in [6.07, 6.45) is 6.90. The minimum atomic E-state index is -1.06. The largest absolute Gasteiger partial charge is 0.447 e. The fourth-order valence-electron chi connectivity index (χ4n) is 5.59. The van der Waals surface area contributed by atoms with Gasteiger partial charge in [0, 0.05) is 51.6 Å². The maximum atomic E-state index is 13.5. The van der Waals surface area contributed by atoms with Crippen LogP contribution in [0.15, 0.2) is 49.1 Å². The first-order valence-electron chi connectivity index (χ1n) is 14.5. The minimum Gasteiger partial charge on any atom is -0.447 e. The standard InChI is InChI=1S/C32H39ClN6O4/c1-20(2)43-31(41)39-14-12-38(13-15-39)29-23-10-9-22(33)17-24(23)25(16-21-8-7-11-35-27(21)29)28(26-18-34-19-37(26)5)36-30(40)32(3,4)42-6/h7-11,16-20,28-29H,12-15H2,1-6H3,(H,36,40)/t28-,29+/m1/s1. The molecule has 10 nitrogen and oxygen atoms in total. The molecule has 2 atom stereocenters. The van der Waals surface area contributed by atoms with Crippen molar-refractivity contribution in [2.75, 3.05) is 33.3 Å². The summed E-state index contributed by atoms with van der Waals surface area (Å²) in [6, 6.07) is 9.06. The van der Waals surface area contributed by atoms with Crippen LogP contribution in [0.1, 0.15) is 67.9 Å². The Morgan fingerprint density at radius 3 is 2.53 bits per heavy atom. The van der Waals surface area contributed by atoms with Crippen molar-refractivity contribution < 1.29 is 19.1 Å². The molecule has 0 unspecified atom stereocenters. The van der Waals surface area contributed by atoms with Gasteiger partial charge in [-0.1, -0.05) is 23.7 Å². The van der Waals surface area contributed by atoms with Crippen LogP contribution in [0.2, 0.25) is 5.02 Å². The molecule has 0 bridgehead atoms. The van der Waals surface area contributed by atoms with Crippen LogP contribution in [0.4, 0.5) is 4.79 Å².